The van der Waals surface area contributed by atoms with E-state index >= 15 is 0 Å². The highest BCUT2D eigenvalue weighted by atomic mass is 16.6. The zero-order valence-corrected chi connectivity index (χ0v) is 14.2. The third-order valence-electron chi connectivity index (χ3n) is 3.35. The molecular formula is C15H25N5O3. The molecule has 8 nitrogen and oxygen atoms in total. The molecule has 0 radical (unpaired) electrons. The summed E-state index contributed by atoms with van der Waals surface area (Å²) >= 11 is 0. The van der Waals surface area contributed by atoms with Crippen LogP contribution in [0, 0.1) is 0 Å². The second-order valence-corrected chi connectivity index (χ2v) is 6.55. The molecule has 0 aromatic carbocycles. The van der Waals surface area contributed by atoms with Gasteiger partial charge in [-0.1, -0.05) is 0 Å². The van der Waals surface area contributed by atoms with Gasteiger partial charge >= 0.3 is 6.09 Å². The first kappa shape index (κ1) is 17.3. The van der Waals surface area contributed by atoms with Crippen molar-refractivity contribution < 1.29 is 14.3 Å². The monoisotopic (exact) mass is 323 g/mol. The Labute approximate surface area is 135 Å². The number of nitrogens with one attached hydrogen (secondary N) is 3. The average molecular weight is 323 g/mol. The van der Waals surface area contributed by atoms with Crippen LogP contribution in [-0.4, -0.2) is 40.5 Å². The molecule has 0 atom stereocenters. The van der Waals surface area contributed by atoms with Crippen molar-refractivity contribution >= 4 is 17.8 Å². The fraction of sp³-hybridized carbons (Fsp3) is 0.667. The van der Waals surface area contributed by atoms with Gasteiger partial charge in [0.25, 0.3) is 0 Å². The molecule has 0 unspecified atom stereocenters. The molecule has 0 fully saturated rings. The molecule has 1 aliphatic heterocycles. The van der Waals surface area contributed by atoms with E-state index in [9.17, 15) is 9.59 Å². The molecule has 23 heavy (non-hydrogen) atoms. The molecule has 3 N–H and O–H groups in total. The highest BCUT2D eigenvalue weighted by Crippen LogP contribution is 2.22. The minimum Gasteiger partial charge on any atom is -0.444 e. The van der Waals surface area contributed by atoms with E-state index in [0.717, 1.165) is 30.0 Å². The smallest absolute Gasteiger partial charge is 0.407 e. The Morgan fingerprint density at radius 2 is 2.13 bits per heavy atom. The number of hydrogen-bond acceptors (Lipinski definition) is 5. The van der Waals surface area contributed by atoms with E-state index in [1.807, 2.05) is 7.05 Å². The van der Waals surface area contributed by atoms with Crippen LogP contribution in [0.5, 0.6) is 0 Å². The molecule has 0 bridgehead atoms. The number of rotatable bonds is 4. The second-order valence-electron chi connectivity index (χ2n) is 6.55. The van der Waals surface area contributed by atoms with E-state index in [4.69, 9.17) is 4.74 Å². The van der Waals surface area contributed by atoms with Crippen LogP contribution in [0.2, 0.25) is 0 Å². The van der Waals surface area contributed by atoms with Gasteiger partial charge in [0.05, 0.1) is 5.69 Å². The predicted molar refractivity (Wildman–Crippen MR) is 86.1 cm³/mol. The van der Waals surface area contributed by atoms with Crippen molar-refractivity contribution in [2.24, 2.45) is 7.05 Å². The molecule has 0 spiro atoms. The fourth-order valence-electron chi connectivity index (χ4n) is 2.37. The quantitative estimate of drug-likeness (QED) is 0.765. The Hall–Kier alpha value is -2.09. The minimum absolute atomic E-state index is 0.169. The number of amides is 2. The van der Waals surface area contributed by atoms with Gasteiger partial charge in [0.1, 0.15) is 11.4 Å². The largest absolute Gasteiger partial charge is 0.444 e. The van der Waals surface area contributed by atoms with Gasteiger partial charge in [-0.3, -0.25) is 9.48 Å². The maximum atomic E-state index is 12.1. The summed E-state index contributed by atoms with van der Waals surface area (Å²) in [5.74, 6) is 0.548. The Morgan fingerprint density at radius 1 is 1.39 bits per heavy atom. The first-order chi connectivity index (χ1) is 10.8. The van der Waals surface area contributed by atoms with Gasteiger partial charge in [0, 0.05) is 45.1 Å². The van der Waals surface area contributed by atoms with Crippen LogP contribution in [0.4, 0.5) is 10.6 Å². The van der Waals surface area contributed by atoms with Crippen LogP contribution < -0.4 is 16.0 Å². The van der Waals surface area contributed by atoms with E-state index in [0.29, 0.717) is 6.54 Å². The molecule has 0 aliphatic carbocycles. The lowest BCUT2D eigenvalue weighted by Crippen LogP contribution is -2.34. The maximum Gasteiger partial charge on any atom is 0.407 e. The van der Waals surface area contributed by atoms with Crippen molar-refractivity contribution in [1.82, 2.24) is 20.4 Å². The van der Waals surface area contributed by atoms with Gasteiger partial charge in [-0.15, -0.1) is 0 Å². The van der Waals surface area contributed by atoms with Crippen LogP contribution in [0.3, 0.4) is 0 Å². The zero-order chi connectivity index (χ0) is 17.0. The summed E-state index contributed by atoms with van der Waals surface area (Å²) in [7, 11) is 1.81. The first-order valence-corrected chi connectivity index (χ1v) is 7.78. The predicted octanol–water partition coefficient (Wildman–Crippen LogP) is 0.919. The lowest BCUT2D eigenvalue weighted by molar-refractivity contribution is -0.116. The van der Waals surface area contributed by atoms with Crippen LogP contribution >= 0.6 is 0 Å². The summed E-state index contributed by atoms with van der Waals surface area (Å²) in [5, 5.41) is 13.1. The lowest BCUT2D eigenvalue weighted by atomic mass is 10.1. The normalized spacial score (nSPS) is 14.1. The minimum atomic E-state index is -0.548. The van der Waals surface area contributed by atoms with E-state index in [1.165, 1.54) is 0 Å². The highest BCUT2D eigenvalue weighted by Gasteiger charge is 2.20. The van der Waals surface area contributed by atoms with Crippen molar-refractivity contribution in [3.05, 3.63) is 11.3 Å². The number of nitrogens with zero attached hydrogens (tertiary/aromatic N) is 2. The number of aryl methyl sites for hydroxylation is 1. The van der Waals surface area contributed by atoms with Gasteiger partial charge in [0.15, 0.2) is 0 Å². The summed E-state index contributed by atoms with van der Waals surface area (Å²) < 4.78 is 6.81. The molecule has 2 heterocycles. The van der Waals surface area contributed by atoms with Crippen LogP contribution in [0.25, 0.3) is 0 Å². The van der Waals surface area contributed by atoms with Gasteiger partial charge in [-0.2, -0.15) is 5.10 Å². The number of aromatic nitrogens is 2. The molecule has 128 valence electrons. The van der Waals surface area contributed by atoms with E-state index in [1.54, 1.807) is 25.5 Å². The molecular weight excluding hydrogens is 298 g/mol. The van der Waals surface area contributed by atoms with Crippen LogP contribution in [0.15, 0.2) is 0 Å². The summed E-state index contributed by atoms with van der Waals surface area (Å²) in [6.45, 7) is 7.20. The van der Waals surface area contributed by atoms with Crippen LogP contribution in [-0.2, 0) is 29.5 Å². The summed E-state index contributed by atoms with van der Waals surface area (Å²) in [6.07, 6.45) is 0.513. The van der Waals surface area contributed by atoms with Crippen molar-refractivity contribution in [2.45, 2.75) is 45.8 Å². The van der Waals surface area contributed by atoms with Crippen molar-refractivity contribution in [3.63, 3.8) is 0 Å². The number of alkyl carbamates (subject to hydrolysis) is 1. The summed E-state index contributed by atoms with van der Waals surface area (Å²) in [5.41, 5.74) is 1.51. The van der Waals surface area contributed by atoms with Crippen molar-refractivity contribution in [2.75, 3.05) is 18.4 Å². The number of carbonyl (C=O) groups excluding carboxylic acids is 2. The van der Waals surface area contributed by atoms with Crippen molar-refractivity contribution in [1.29, 1.82) is 0 Å². The SMILES string of the molecule is Cn1nc2c(c1NC(=O)CCNC(=O)OC(C)(C)C)CNCC2. The molecule has 1 aromatic rings. The van der Waals surface area contributed by atoms with Crippen LogP contribution in [0.1, 0.15) is 38.4 Å². The second kappa shape index (κ2) is 6.99. The fourth-order valence-corrected chi connectivity index (χ4v) is 2.37. The van der Waals surface area contributed by atoms with E-state index in [-0.39, 0.29) is 18.9 Å². The molecule has 0 saturated carbocycles. The highest BCUT2D eigenvalue weighted by molar-refractivity contribution is 5.91. The van der Waals surface area contributed by atoms with E-state index < -0.39 is 11.7 Å². The number of hydrogen-bond donors (Lipinski definition) is 3. The first-order valence-electron chi connectivity index (χ1n) is 7.78. The Kier molecular flexibility index (Phi) is 5.25. The van der Waals surface area contributed by atoms with Gasteiger partial charge < -0.3 is 20.7 Å². The molecule has 0 saturated heterocycles. The summed E-state index contributed by atoms with van der Waals surface area (Å²) in [6, 6.07) is 0. The van der Waals surface area contributed by atoms with Gasteiger partial charge in [-0.05, 0) is 20.8 Å². The Balaban J connectivity index is 1.82. The van der Waals surface area contributed by atoms with E-state index in [2.05, 4.69) is 21.0 Å². The number of carbonyl (C=O) groups is 2. The Bertz CT molecular complexity index is 589. The average Bonchev–Trinajstić information content (AvgIpc) is 2.73. The lowest BCUT2D eigenvalue weighted by Gasteiger charge is -2.19. The maximum absolute atomic E-state index is 12.1. The zero-order valence-electron chi connectivity index (χ0n) is 14.2. The molecule has 1 aromatic heterocycles. The topological polar surface area (TPSA) is 97.3 Å². The number of ether oxygens (including phenoxy) is 1. The van der Waals surface area contributed by atoms with Gasteiger partial charge in [0.2, 0.25) is 5.91 Å². The Morgan fingerprint density at radius 3 is 2.83 bits per heavy atom. The molecule has 8 heteroatoms. The molecule has 2 rings (SSSR count). The summed E-state index contributed by atoms with van der Waals surface area (Å²) in [4.78, 5) is 23.6. The number of anilines is 1. The molecule has 1 aliphatic rings. The van der Waals surface area contributed by atoms with Gasteiger partial charge in [-0.25, -0.2) is 4.79 Å². The third kappa shape index (κ3) is 4.95. The standard InChI is InChI=1S/C15H25N5O3/c1-15(2,3)23-14(22)17-8-6-12(21)18-13-10-9-16-7-5-11(10)19-20(13)4/h16H,5-9H2,1-4H3,(H,17,22)(H,18,21). The molecule has 2 amide bonds. The third-order valence-corrected chi connectivity index (χ3v) is 3.35. The van der Waals surface area contributed by atoms with Crippen molar-refractivity contribution in [3.8, 4) is 0 Å². The number of fused-ring (bicyclic) bond motifs is 1.